The zero-order valence-electron chi connectivity index (χ0n) is 16.5. The maximum Gasteiger partial charge on any atom is 0.266 e. The standard InChI is InChI=1S/C21H22N8O/c30-21-6-3-18(17-2-1-7-22-16-17)24-29(21)15-12-26-10-13-27(14-11-26)20-5-4-19-23-8-9-28(19)25-20/h1-9,16H,10-15H2. The van der Waals surface area contributed by atoms with Crippen LogP contribution in [0.1, 0.15) is 0 Å². The molecule has 0 N–H and O–H groups in total. The van der Waals surface area contributed by atoms with Gasteiger partial charge in [-0.15, -0.1) is 5.10 Å². The average Bonchev–Trinajstić information content (AvgIpc) is 3.27. The number of hydrogen-bond donors (Lipinski definition) is 0. The second kappa shape index (κ2) is 8.03. The molecular formula is C21H22N8O. The maximum atomic E-state index is 12.2. The van der Waals surface area contributed by atoms with E-state index in [2.05, 4.69) is 30.0 Å². The number of hydrogen-bond acceptors (Lipinski definition) is 7. The van der Waals surface area contributed by atoms with E-state index in [1.807, 2.05) is 30.5 Å². The molecule has 0 bridgehead atoms. The molecule has 0 atom stereocenters. The normalized spacial score (nSPS) is 15.0. The minimum absolute atomic E-state index is 0.0842. The van der Waals surface area contributed by atoms with Crippen LogP contribution >= 0.6 is 0 Å². The molecule has 1 aliphatic rings. The molecule has 0 aliphatic carbocycles. The highest BCUT2D eigenvalue weighted by Crippen LogP contribution is 2.15. The molecule has 5 rings (SSSR count). The summed E-state index contributed by atoms with van der Waals surface area (Å²) in [6.45, 7) is 4.97. The molecule has 0 amide bonds. The van der Waals surface area contributed by atoms with E-state index >= 15 is 0 Å². The van der Waals surface area contributed by atoms with E-state index in [0.29, 0.717) is 6.54 Å². The summed E-state index contributed by atoms with van der Waals surface area (Å²) in [5.41, 5.74) is 2.43. The van der Waals surface area contributed by atoms with Crippen molar-refractivity contribution < 1.29 is 0 Å². The number of imidazole rings is 1. The summed E-state index contributed by atoms with van der Waals surface area (Å²) in [6.07, 6.45) is 7.09. The number of rotatable bonds is 5. The van der Waals surface area contributed by atoms with Crippen LogP contribution in [-0.4, -0.2) is 67.0 Å². The molecule has 0 spiro atoms. The second-order valence-corrected chi connectivity index (χ2v) is 7.27. The Morgan fingerprint density at radius 1 is 0.900 bits per heavy atom. The Hall–Kier alpha value is -3.59. The van der Waals surface area contributed by atoms with E-state index in [4.69, 9.17) is 0 Å². The fourth-order valence-electron chi connectivity index (χ4n) is 3.69. The topological polar surface area (TPSA) is 84.5 Å². The van der Waals surface area contributed by atoms with Gasteiger partial charge in [0.05, 0.1) is 12.2 Å². The van der Waals surface area contributed by atoms with E-state index in [9.17, 15) is 4.79 Å². The lowest BCUT2D eigenvalue weighted by atomic mass is 10.2. The van der Waals surface area contributed by atoms with Crippen molar-refractivity contribution in [1.82, 2.24) is 34.3 Å². The molecule has 9 nitrogen and oxygen atoms in total. The number of nitrogens with zero attached hydrogens (tertiary/aromatic N) is 8. The monoisotopic (exact) mass is 402 g/mol. The quantitative estimate of drug-likeness (QED) is 0.495. The van der Waals surface area contributed by atoms with Gasteiger partial charge < -0.3 is 4.90 Å². The van der Waals surface area contributed by atoms with Crippen molar-refractivity contribution in [2.75, 3.05) is 37.6 Å². The van der Waals surface area contributed by atoms with Gasteiger partial charge in [0.25, 0.3) is 5.56 Å². The molecule has 1 aliphatic heterocycles. The van der Waals surface area contributed by atoms with Gasteiger partial charge in [0.1, 0.15) is 5.82 Å². The second-order valence-electron chi connectivity index (χ2n) is 7.27. The minimum atomic E-state index is -0.0842. The first-order valence-corrected chi connectivity index (χ1v) is 10.0. The summed E-state index contributed by atoms with van der Waals surface area (Å²) < 4.78 is 3.35. The lowest BCUT2D eigenvalue weighted by Gasteiger charge is -2.35. The lowest BCUT2D eigenvalue weighted by Crippen LogP contribution is -2.48. The molecule has 4 aromatic heterocycles. The highest BCUT2D eigenvalue weighted by Gasteiger charge is 2.18. The third-order valence-corrected chi connectivity index (χ3v) is 5.39. The lowest BCUT2D eigenvalue weighted by molar-refractivity contribution is 0.242. The largest absolute Gasteiger partial charge is 0.353 e. The SMILES string of the molecule is O=c1ccc(-c2cccnc2)nn1CCN1CCN(c2ccc3nccn3n2)CC1. The van der Waals surface area contributed by atoms with Crippen LogP contribution in [0.2, 0.25) is 0 Å². The highest BCUT2D eigenvalue weighted by atomic mass is 16.1. The smallest absolute Gasteiger partial charge is 0.266 e. The minimum Gasteiger partial charge on any atom is -0.353 e. The molecule has 0 aromatic carbocycles. The summed E-state index contributed by atoms with van der Waals surface area (Å²) in [5, 5.41) is 9.15. The van der Waals surface area contributed by atoms with Gasteiger partial charge in [-0.2, -0.15) is 5.10 Å². The van der Waals surface area contributed by atoms with Gasteiger partial charge in [-0.05, 0) is 30.3 Å². The van der Waals surface area contributed by atoms with Gasteiger partial charge in [-0.1, -0.05) is 0 Å². The number of aromatic nitrogens is 6. The van der Waals surface area contributed by atoms with Gasteiger partial charge in [-0.25, -0.2) is 14.2 Å². The summed E-state index contributed by atoms with van der Waals surface area (Å²) in [5.74, 6) is 0.960. The van der Waals surface area contributed by atoms with Gasteiger partial charge in [-0.3, -0.25) is 14.7 Å². The first-order valence-electron chi connectivity index (χ1n) is 10.0. The van der Waals surface area contributed by atoms with E-state index in [0.717, 1.165) is 55.4 Å². The molecule has 30 heavy (non-hydrogen) atoms. The summed E-state index contributed by atoms with van der Waals surface area (Å²) in [6, 6.07) is 11.1. The first-order chi connectivity index (χ1) is 14.8. The highest BCUT2D eigenvalue weighted by molar-refractivity contribution is 5.56. The van der Waals surface area contributed by atoms with Crippen LogP contribution in [0.25, 0.3) is 16.9 Å². The van der Waals surface area contributed by atoms with Crippen molar-refractivity contribution in [3.8, 4) is 11.3 Å². The van der Waals surface area contributed by atoms with Gasteiger partial charge in [0, 0.05) is 69.1 Å². The predicted molar refractivity (Wildman–Crippen MR) is 113 cm³/mol. The molecule has 0 radical (unpaired) electrons. The Bertz CT molecular complexity index is 1190. The van der Waals surface area contributed by atoms with Gasteiger partial charge in [0.15, 0.2) is 5.65 Å². The molecule has 1 fully saturated rings. The van der Waals surface area contributed by atoms with Crippen molar-refractivity contribution in [2.24, 2.45) is 0 Å². The van der Waals surface area contributed by atoms with Crippen molar-refractivity contribution in [3.63, 3.8) is 0 Å². The van der Waals surface area contributed by atoms with E-state index in [1.54, 1.807) is 39.9 Å². The first kappa shape index (κ1) is 18.4. The number of anilines is 1. The summed E-state index contributed by atoms with van der Waals surface area (Å²) >= 11 is 0. The van der Waals surface area contributed by atoms with Crippen molar-refractivity contribution in [3.05, 3.63) is 71.5 Å². The van der Waals surface area contributed by atoms with E-state index < -0.39 is 0 Å². The van der Waals surface area contributed by atoms with E-state index in [1.165, 1.54) is 0 Å². The van der Waals surface area contributed by atoms with Crippen LogP contribution < -0.4 is 10.5 Å². The Morgan fingerprint density at radius 2 is 1.80 bits per heavy atom. The van der Waals surface area contributed by atoms with Crippen molar-refractivity contribution in [1.29, 1.82) is 0 Å². The van der Waals surface area contributed by atoms with Crippen molar-refractivity contribution in [2.45, 2.75) is 6.54 Å². The summed E-state index contributed by atoms with van der Waals surface area (Å²) in [4.78, 5) is 25.2. The third-order valence-electron chi connectivity index (χ3n) is 5.39. The Labute approximate surface area is 173 Å². The maximum absolute atomic E-state index is 12.2. The summed E-state index contributed by atoms with van der Waals surface area (Å²) in [7, 11) is 0. The molecule has 0 saturated carbocycles. The molecule has 9 heteroatoms. The molecule has 1 saturated heterocycles. The fourth-order valence-corrected chi connectivity index (χ4v) is 3.69. The molecule has 0 unspecified atom stereocenters. The van der Waals surface area contributed by atoms with Crippen LogP contribution in [-0.2, 0) is 6.54 Å². The zero-order chi connectivity index (χ0) is 20.3. The zero-order valence-corrected chi connectivity index (χ0v) is 16.5. The van der Waals surface area contributed by atoms with Gasteiger partial charge >= 0.3 is 0 Å². The Balaban J connectivity index is 1.20. The fraction of sp³-hybridized carbons (Fsp3) is 0.286. The number of fused-ring (bicyclic) bond motifs is 1. The average molecular weight is 402 g/mol. The van der Waals surface area contributed by atoms with Crippen LogP contribution in [0.5, 0.6) is 0 Å². The molecule has 152 valence electrons. The molecule has 4 aromatic rings. The van der Waals surface area contributed by atoms with Crippen LogP contribution in [0.3, 0.4) is 0 Å². The predicted octanol–water partition coefficient (Wildman–Crippen LogP) is 1.17. The van der Waals surface area contributed by atoms with Crippen molar-refractivity contribution >= 4 is 11.5 Å². The third kappa shape index (κ3) is 3.79. The van der Waals surface area contributed by atoms with Crippen LogP contribution in [0, 0.1) is 0 Å². The van der Waals surface area contributed by atoms with Crippen LogP contribution in [0.4, 0.5) is 5.82 Å². The number of pyridine rings is 1. The number of piperazine rings is 1. The Morgan fingerprint density at radius 3 is 2.63 bits per heavy atom. The van der Waals surface area contributed by atoms with Gasteiger partial charge in [0.2, 0.25) is 0 Å². The molecule has 5 heterocycles. The Kier molecular flexibility index (Phi) is 4.94. The molecular weight excluding hydrogens is 380 g/mol. The van der Waals surface area contributed by atoms with Crippen LogP contribution in [0.15, 0.2) is 66.0 Å². The van der Waals surface area contributed by atoms with E-state index in [-0.39, 0.29) is 5.56 Å².